The Labute approximate surface area is 131 Å². The Kier molecular flexibility index (Phi) is 5.17. The predicted molar refractivity (Wildman–Crippen MR) is 77.5 cm³/mol. The third-order valence-electron chi connectivity index (χ3n) is 2.63. The minimum atomic E-state index is -3.81. The van der Waals surface area contributed by atoms with Gasteiger partial charge in [-0.3, -0.25) is 0 Å². The molecule has 0 amide bonds. The molecule has 3 N–H and O–H groups in total. The van der Waals surface area contributed by atoms with E-state index in [2.05, 4.69) is 14.9 Å². The maximum atomic E-state index is 12.2. The van der Waals surface area contributed by atoms with E-state index in [1.54, 1.807) is 0 Å². The second-order valence-electron chi connectivity index (χ2n) is 4.06. The van der Waals surface area contributed by atoms with Crippen molar-refractivity contribution in [2.75, 3.05) is 6.54 Å². The fraction of sp³-hybridized carbons (Fsp3) is 0.273. The lowest BCUT2D eigenvalue weighted by Crippen LogP contribution is -2.26. The van der Waals surface area contributed by atoms with Crippen LogP contribution in [0.3, 0.4) is 0 Å². The molecule has 1 heterocycles. The summed E-state index contributed by atoms with van der Waals surface area (Å²) in [6, 6.07) is 2.80. The van der Waals surface area contributed by atoms with Gasteiger partial charge in [-0.1, -0.05) is 28.4 Å². The first kappa shape index (κ1) is 16.2. The number of sulfonamides is 1. The highest BCUT2D eigenvalue weighted by molar-refractivity contribution is 7.89. The van der Waals surface area contributed by atoms with Gasteiger partial charge in [-0.05, 0) is 17.7 Å². The number of aromatic nitrogens is 2. The number of benzene rings is 1. The van der Waals surface area contributed by atoms with Crippen molar-refractivity contribution in [3.8, 4) is 0 Å². The summed E-state index contributed by atoms with van der Waals surface area (Å²) in [7, 11) is -3.81. The maximum Gasteiger partial charge on any atom is 0.242 e. The van der Waals surface area contributed by atoms with Crippen LogP contribution in [0.5, 0.6) is 0 Å². The minimum Gasteiger partial charge on any atom is -0.340 e. The smallest absolute Gasteiger partial charge is 0.242 e. The van der Waals surface area contributed by atoms with E-state index in [-0.39, 0.29) is 34.5 Å². The zero-order chi connectivity index (χ0) is 15.5. The van der Waals surface area contributed by atoms with Crippen LogP contribution in [0, 0.1) is 0 Å². The second-order valence-corrected chi connectivity index (χ2v) is 6.61. The van der Waals surface area contributed by atoms with Crippen molar-refractivity contribution in [3.63, 3.8) is 0 Å². The van der Waals surface area contributed by atoms with Crippen LogP contribution in [-0.2, 0) is 23.0 Å². The standard InChI is InChI=1S/C11H12Cl2N4O3S/c12-8-3-7(5-14)11(13)9(4-8)21(18,19)17-2-1-10-15-6-16-20-10/h3-4,6,17H,1-2,5,14H2. The van der Waals surface area contributed by atoms with Crippen LogP contribution >= 0.6 is 23.2 Å². The lowest BCUT2D eigenvalue weighted by Gasteiger charge is -2.11. The second kappa shape index (κ2) is 6.71. The SMILES string of the molecule is NCc1cc(Cl)cc(S(=O)(=O)NCCc2ncno2)c1Cl. The first-order valence-corrected chi connectivity index (χ1v) is 8.11. The van der Waals surface area contributed by atoms with E-state index >= 15 is 0 Å². The van der Waals surface area contributed by atoms with Gasteiger partial charge < -0.3 is 10.3 Å². The molecule has 0 atom stereocenters. The Hall–Kier alpha value is -1.19. The molecule has 0 bridgehead atoms. The van der Waals surface area contributed by atoms with Gasteiger partial charge >= 0.3 is 0 Å². The number of rotatable bonds is 6. The van der Waals surface area contributed by atoms with Gasteiger partial charge in [0.1, 0.15) is 4.90 Å². The Bertz CT molecular complexity index is 719. The summed E-state index contributed by atoms with van der Waals surface area (Å²) < 4.78 is 31.6. The molecule has 0 aliphatic carbocycles. The quantitative estimate of drug-likeness (QED) is 0.813. The molecule has 0 aliphatic rings. The molecule has 1 aromatic heterocycles. The number of nitrogens with two attached hydrogens (primary N) is 1. The topological polar surface area (TPSA) is 111 Å². The number of halogens is 2. The summed E-state index contributed by atoms with van der Waals surface area (Å²) in [5.74, 6) is 0.331. The highest BCUT2D eigenvalue weighted by Gasteiger charge is 2.20. The average Bonchev–Trinajstić information content (AvgIpc) is 2.93. The van der Waals surface area contributed by atoms with Crippen molar-refractivity contribution in [3.05, 3.63) is 40.0 Å². The predicted octanol–water partition coefficient (Wildman–Crippen LogP) is 1.36. The Morgan fingerprint density at radius 2 is 2.10 bits per heavy atom. The van der Waals surface area contributed by atoms with E-state index in [0.29, 0.717) is 11.5 Å². The third-order valence-corrected chi connectivity index (χ3v) is 4.89. The van der Waals surface area contributed by atoms with E-state index in [4.69, 9.17) is 33.5 Å². The Morgan fingerprint density at radius 3 is 2.71 bits per heavy atom. The van der Waals surface area contributed by atoms with Crippen LogP contribution in [0.15, 0.2) is 27.9 Å². The monoisotopic (exact) mass is 350 g/mol. The molecule has 0 saturated heterocycles. The van der Waals surface area contributed by atoms with Crippen molar-refractivity contribution >= 4 is 33.2 Å². The van der Waals surface area contributed by atoms with E-state index in [0.717, 1.165) is 0 Å². The van der Waals surface area contributed by atoms with Crippen LogP contribution in [0.25, 0.3) is 0 Å². The lowest BCUT2D eigenvalue weighted by molar-refractivity contribution is 0.377. The lowest BCUT2D eigenvalue weighted by atomic mass is 10.2. The van der Waals surface area contributed by atoms with Crippen LogP contribution in [0.4, 0.5) is 0 Å². The van der Waals surface area contributed by atoms with Gasteiger partial charge in [0.2, 0.25) is 15.9 Å². The molecule has 0 radical (unpaired) electrons. The molecule has 0 fully saturated rings. The van der Waals surface area contributed by atoms with Crippen LogP contribution < -0.4 is 10.5 Å². The number of hydrogen-bond donors (Lipinski definition) is 2. The summed E-state index contributed by atoms with van der Waals surface area (Å²) >= 11 is 11.9. The molecule has 1 aromatic carbocycles. The van der Waals surface area contributed by atoms with E-state index in [9.17, 15) is 8.42 Å². The fourth-order valence-corrected chi connectivity index (χ4v) is 3.61. The highest BCUT2D eigenvalue weighted by atomic mass is 35.5. The van der Waals surface area contributed by atoms with Gasteiger partial charge in [-0.25, -0.2) is 13.1 Å². The van der Waals surface area contributed by atoms with Crippen molar-refractivity contribution in [2.45, 2.75) is 17.9 Å². The van der Waals surface area contributed by atoms with Crippen LogP contribution in [0.2, 0.25) is 10.0 Å². The van der Waals surface area contributed by atoms with E-state index in [1.165, 1.54) is 18.5 Å². The van der Waals surface area contributed by atoms with Gasteiger partial charge in [0.25, 0.3) is 0 Å². The fourth-order valence-electron chi connectivity index (χ4n) is 1.64. The minimum absolute atomic E-state index is 0.0622. The molecular formula is C11H12Cl2N4O3S. The molecule has 2 aromatic rings. The largest absolute Gasteiger partial charge is 0.340 e. The highest BCUT2D eigenvalue weighted by Crippen LogP contribution is 2.29. The molecule has 0 unspecified atom stereocenters. The van der Waals surface area contributed by atoms with Crippen molar-refractivity contribution in [1.82, 2.24) is 14.9 Å². The first-order chi connectivity index (χ1) is 9.94. The summed E-state index contributed by atoms with van der Waals surface area (Å²) in [4.78, 5) is 3.68. The number of hydrogen-bond acceptors (Lipinski definition) is 6. The zero-order valence-corrected chi connectivity index (χ0v) is 13.0. The maximum absolute atomic E-state index is 12.2. The summed E-state index contributed by atoms with van der Waals surface area (Å²) in [6.07, 6.45) is 1.51. The number of nitrogens with zero attached hydrogens (tertiary/aromatic N) is 2. The molecule has 21 heavy (non-hydrogen) atoms. The van der Waals surface area contributed by atoms with E-state index < -0.39 is 10.0 Å². The van der Waals surface area contributed by atoms with Crippen LogP contribution in [0.1, 0.15) is 11.5 Å². The first-order valence-electron chi connectivity index (χ1n) is 5.87. The molecule has 0 spiro atoms. The average molecular weight is 351 g/mol. The van der Waals surface area contributed by atoms with Gasteiger partial charge in [-0.15, -0.1) is 0 Å². The molecule has 2 rings (SSSR count). The molecule has 10 heteroatoms. The molecule has 0 aliphatic heterocycles. The van der Waals surface area contributed by atoms with Crippen molar-refractivity contribution in [1.29, 1.82) is 0 Å². The summed E-state index contributed by atoms with van der Waals surface area (Å²) in [5.41, 5.74) is 5.97. The van der Waals surface area contributed by atoms with Gasteiger partial charge in [0.05, 0.1) is 5.02 Å². The van der Waals surface area contributed by atoms with Gasteiger partial charge in [-0.2, -0.15) is 4.98 Å². The Morgan fingerprint density at radius 1 is 1.33 bits per heavy atom. The molecular weight excluding hydrogens is 339 g/mol. The molecule has 0 saturated carbocycles. The van der Waals surface area contributed by atoms with Gasteiger partial charge in [0, 0.05) is 24.5 Å². The normalized spacial score (nSPS) is 11.8. The third kappa shape index (κ3) is 3.92. The van der Waals surface area contributed by atoms with E-state index in [1.807, 2.05) is 0 Å². The zero-order valence-electron chi connectivity index (χ0n) is 10.7. The van der Waals surface area contributed by atoms with Gasteiger partial charge in [0.15, 0.2) is 6.33 Å². The van der Waals surface area contributed by atoms with Crippen molar-refractivity contribution < 1.29 is 12.9 Å². The number of nitrogens with one attached hydrogen (secondary N) is 1. The Balaban J connectivity index is 2.17. The summed E-state index contributed by atoms with van der Waals surface area (Å²) in [5, 5.41) is 3.74. The van der Waals surface area contributed by atoms with Crippen molar-refractivity contribution in [2.24, 2.45) is 5.73 Å². The molecule has 7 nitrogen and oxygen atoms in total. The molecule has 114 valence electrons. The van der Waals surface area contributed by atoms with Crippen LogP contribution in [-0.4, -0.2) is 25.1 Å². The summed E-state index contributed by atoms with van der Waals surface area (Å²) in [6.45, 7) is 0.176.